The number of nitrogens with zero attached hydrogens (tertiary/aromatic N) is 1. The van der Waals surface area contributed by atoms with E-state index in [9.17, 15) is 24.6 Å². The van der Waals surface area contributed by atoms with Crippen LogP contribution in [0, 0.1) is 5.92 Å². The van der Waals surface area contributed by atoms with Crippen LogP contribution in [0.25, 0.3) is 16.8 Å². The second-order valence-corrected chi connectivity index (χ2v) is 11.6. The molecule has 4 aromatic rings. The van der Waals surface area contributed by atoms with Gasteiger partial charge in [0, 0.05) is 29.9 Å². The molecule has 0 heterocycles. The molecular weight excluding hydrogens is 574 g/mol. The van der Waals surface area contributed by atoms with Gasteiger partial charge in [0.2, 0.25) is 5.91 Å². The summed E-state index contributed by atoms with van der Waals surface area (Å²) in [5.41, 5.74) is 3.08. The number of aliphatic carboxylic acids is 2. The predicted octanol–water partition coefficient (Wildman–Crippen LogP) is 8.44. The van der Waals surface area contributed by atoms with Gasteiger partial charge in [0.1, 0.15) is 0 Å². The maximum atomic E-state index is 13.9. The number of hydrogen-bond donors (Lipinski definition) is 2. The third-order valence-electron chi connectivity index (χ3n) is 8.05. The highest BCUT2D eigenvalue weighted by atomic mass is 35.5. The Hall–Kier alpha value is -4.42. The van der Waals surface area contributed by atoms with Crippen molar-refractivity contribution >= 4 is 46.3 Å². The van der Waals surface area contributed by atoms with Crippen LogP contribution in [0.1, 0.15) is 61.6 Å². The van der Waals surface area contributed by atoms with Crippen molar-refractivity contribution < 1.29 is 24.6 Å². The number of carbonyl (C=O) groups is 3. The van der Waals surface area contributed by atoms with Crippen LogP contribution in [-0.2, 0) is 20.9 Å². The van der Waals surface area contributed by atoms with Gasteiger partial charge in [-0.1, -0.05) is 103 Å². The van der Waals surface area contributed by atoms with E-state index in [2.05, 4.69) is 24.3 Å². The number of carbonyl (C=O) groups excluding carboxylic acids is 1. The first-order valence-electron chi connectivity index (χ1n) is 14.9. The summed E-state index contributed by atoms with van der Waals surface area (Å²) in [7, 11) is 0. The fourth-order valence-corrected chi connectivity index (χ4v) is 5.76. The number of amides is 1. The van der Waals surface area contributed by atoms with Crippen molar-refractivity contribution in [3.8, 4) is 0 Å². The first kappa shape index (κ1) is 32.5. The lowest BCUT2D eigenvalue weighted by atomic mass is 9.86. The molecule has 2 N–H and O–H groups in total. The normalized spacial score (nSPS) is 13.4. The minimum absolute atomic E-state index is 0.0652. The summed E-state index contributed by atoms with van der Waals surface area (Å²) in [6.07, 6.45) is 5.74. The number of carboxylic acids is 2. The number of rotatable bonds is 15. The Kier molecular flexibility index (Phi) is 11.7. The minimum atomic E-state index is -1.32. The fraction of sp³-hybridized carbons (Fsp3) is 0.270. The summed E-state index contributed by atoms with van der Waals surface area (Å²) in [6.45, 7) is 2.26. The van der Waals surface area contributed by atoms with E-state index in [1.807, 2.05) is 91.9 Å². The van der Waals surface area contributed by atoms with Crippen LogP contribution in [0.5, 0.6) is 0 Å². The molecule has 3 unspecified atom stereocenters. The van der Waals surface area contributed by atoms with Crippen molar-refractivity contribution in [2.24, 2.45) is 5.92 Å². The highest BCUT2D eigenvalue weighted by Crippen LogP contribution is 2.32. The van der Waals surface area contributed by atoms with Crippen LogP contribution in [0.15, 0.2) is 103 Å². The van der Waals surface area contributed by atoms with Crippen LogP contribution in [0.3, 0.4) is 0 Å². The van der Waals surface area contributed by atoms with Crippen molar-refractivity contribution in [3.05, 3.63) is 125 Å². The van der Waals surface area contributed by atoms with E-state index in [0.717, 1.165) is 46.7 Å². The molecule has 6 nitrogen and oxygen atoms in total. The molecule has 4 aromatic carbocycles. The van der Waals surface area contributed by atoms with E-state index in [0.29, 0.717) is 5.02 Å². The van der Waals surface area contributed by atoms with Gasteiger partial charge in [0.15, 0.2) is 0 Å². The van der Waals surface area contributed by atoms with Crippen LogP contribution < -0.4 is 0 Å². The SMILES string of the molecule is CC(C(CCCC=Cc1ccccc1)c1ccc(Cl)cc1)N(Cc1ccc2ccccc2c1)C(=O)CC(CC(=O)O)C(=O)O. The molecule has 44 heavy (non-hydrogen) atoms. The maximum absolute atomic E-state index is 13.9. The smallest absolute Gasteiger partial charge is 0.307 e. The summed E-state index contributed by atoms with van der Waals surface area (Å²) in [5.74, 6) is -4.31. The zero-order chi connectivity index (χ0) is 31.5. The van der Waals surface area contributed by atoms with E-state index in [1.54, 1.807) is 4.90 Å². The first-order chi connectivity index (χ1) is 21.2. The third kappa shape index (κ3) is 9.29. The summed E-state index contributed by atoms with van der Waals surface area (Å²) >= 11 is 6.22. The van der Waals surface area contributed by atoms with Crippen LogP contribution in [-0.4, -0.2) is 39.0 Å². The lowest BCUT2D eigenvalue weighted by Crippen LogP contribution is -2.43. The average Bonchev–Trinajstić information content (AvgIpc) is 3.01. The Morgan fingerprint density at radius 1 is 0.841 bits per heavy atom. The monoisotopic (exact) mass is 611 g/mol. The Morgan fingerprint density at radius 3 is 2.20 bits per heavy atom. The van der Waals surface area contributed by atoms with Gasteiger partial charge >= 0.3 is 11.9 Å². The van der Waals surface area contributed by atoms with Gasteiger partial charge in [-0.15, -0.1) is 0 Å². The van der Waals surface area contributed by atoms with Gasteiger partial charge in [-0.3, -0.25) is 14.4 Å². The number of hydrogen-bond acceptors (Lipinski definition) is 3. The van der Waals surface area contributed by atoms with Crippen LogP contribution in [0.2, 0.25) is 5.02 Å². The van der Waals surface area contributed by atoms with E-state index in [4.69, 9.17) is 11.6 Å². The molecule has 3 atom stereocenters. The molecule has 1 amide bonds. The first-order valence-corrected chi connectivity index (χ1v) is 15.3. The zero-order valence-corrected chi connectivity index (χ0v) is 25.6. The number of fused-ring (bicyclic) bond motifs is 1. The lowest BCUT2D eigenvalue weighted by Gasteiger charge is -2.36. The number of allylic oxidation sites excluding steroid dienone is 1. The maximum Gasteiger partial charge on any atom is 0.307 e. The summed E-state index contributed by atoms with van der Waals surface area (Å²) < 4.78 is 0. The fourth-order valence-electron chi connectivity index (χ4n) is 5.63. The van der Waals surface area contributed by atoms with E-state index >= 15 is 0 Å². The number of carboxylic acid groups (broad SMARTS) is 2. The van der Waals surface area contributed by atoms with Crippen molar-refractivity contribution in [3.63, 3.8) is 0 Å². The molecule has 0 saturated carbocycles. The summed E-state index contributed by atoms with van der Waals surface area (Å²) in [5, 5.41) is 21.7. The zero-order valence-electron chi connectivity index (χ0n) is 24.8. The van der Waals surface area contributed by atoms with Crippen molar-refractivity contribution in [2.45, 2.75) is 57.5 Å². The molecule has 0 aliphatic rings. The molecule has 4 rings (SSSR count). The molecule has 228 valence electrons. The summed E-state index contributed by atoms with van der Waals surface area (Å²) in [4.78, 5) is 38.9. The summed E-state index contributed by atoms with van der Waals surface area (Å²) in [6, 6.07) is 31.4. The van der Waals surface area contributed by atoms with Gasteiger partial charge in [-0.2, -0.15) is 0 Å². The minimum Gasteiger partial charge on any atom is -0.481 e. The van der Waals surface area contributed by atoms with Gasteiger partial charge < -0.3 is 15.1 Å². The Morgan fingerprint density at radius 2 is 1.52 bits per heavy atom. The molecule has 0 bridgehead atoms. The lowest BCUT2D eigenvalue weighted by molar-refractivity contribution is -0.151. The number of benzene rings is 4. The predicted molar refractivity (Wildman–Crippen MR) is 175 cm³/mol. The molecule has 0 aliphatic heterocycles. The second kappa shape index (κ2) is 15.9. The topological polar surface area (TPSA) is 94.9 Å². The molecular formula is C37H38ClNO5. The molecule has 0 fully saturated rings. The third-order valence-corrected chi connectivity index (χ3v) is 8.30. The van der Waals surface area contributed by atoms with Gasteiger partial charge in [-0.05, 0) is 71.8 Å². The number of halogens is 1. The van der Waals surface area contributed by atoms with E-state index < -0.39 is 30.7 Å². The largest absolute Gasteiger partial charge is 0.481 e. The Balaban J connectivity index is 1.62. The van der Waals surface area contributed by atoms with Gasteiger partial charge in [0.25, 0.3) is 0 Å². The average molecular weight is 612 g/mol. The highest BCUT2D eigenvalue weighted by Gasteiger charge is 2.32. The van der Waals surface area contributed by atoms with Crippen molar-refractivity contribution in [1.29, 1.82) is 0 Å². The van der Waals surface area contributed by atoms with Crippen LogP contribution >= 0.6 is 11.6 Å². The quantitative estimate of drug-likeness (QED) is 0.132. The number of unbranched alkanes of at least 4 members (excludes halogenated alkanes) is 1. The second-order valence-electron chi connectivity index (χ2n) is 11.2. The molecule has 0 radical (unpaired) electrons. The highest BCUT2D eigenvalue weighted by molar-refractivity contribution is 6.30. The van der Waals surface area contributed by atoms with Crippen LogP contribution in [0.4, 0.5) is 0 Å². The molecule has 0 saturated heterocycles. The molecule has 7 heteroatoms. The Bertz CT molecular complexity index is 1580. The molecule has 0 spiro atoms. The Labute approximate surface area is 263 Å². The van der Waals surface area contributed by atoms with Gasteiger partial charge in [-0.25, -0.2) is 0 Å². The van der Waals surface area contributed by atoms with E-state index in [-0.39, 0.29) is 24.4 Å². The van der Waals surface area contributed by atoms with Crippen molar-refractivity contribution in [2.75, 3.05) is 0 Å². The van der Waals surface area contributed by atoms with Crippen molar-refractivity contribution in [1.82, 2.24) is 4.90 Å². The van der Waals surface area contributed by atoms with E-state index in [1.165, 1.54) is 0 Å². The standard InChI is InChI=1S/C37H38ClNO5/c1-26(34(30-18-20-33(38)21-19-30)15-7-3-6-12-27-10-4-2-5-11-27)39(35(40)23-32(37(43)44)24-36(41)42)25-28-16-17-29-13-8-9-14-31(29)22-28/h2,4-6,8-14,16-22,26,32,34H,3,7,15,23-25H2,1H3,(H,41,42)(H,43,44). The molecule has 0 aromatic heterocycles. The molecule has 0 aliphatic carbocycles. The van der Waals surface area contributed by atoms with Gasteiger partial charge in [0.05, 0.1) is 12.3 Å².